The highest BCUT2D eigenvalue weighted by molar-refractivity contribution is 5.58. The van der Waals surface area contributed by atoms with Gasteiger partial charge in [-0.05, 0) is 56.2 Å². The summed E-state index contributed by atoms with van der Waals surface area (Å²) in [5.74, 6) is 0.881. The van der Waals surface area contributed by atoms with Gasteiger partial charge in [0, 0.05) is 32.2 Å². The van der Waals surface area contributed by atoms with Crippen LogP contribution in [0.15, 0.2) is 18.2 Å². The number of halogens is 2. The Kier molecular flexibility index (Phi) is 5.89. The van der Waals surface area contributed by atoms with Crippen molar-refractivity contribution in [3.05, 3.63) is 46.8 Å². The second kappa shape index (κ2) is 8.17. The summed E-state index contributed by atoms with van der Waals surface area (Å²) in [4.78, 5) is 10.9. The standard InChI is InChI=1S/C20H27F2N5/c1-12-25-19(23)18(20(26-12)27(2)3)14-5-7-15(8-6-14)24-11-13-4-9-16(21)17(22)10-13/h4,9-10,14-15,24H,5-8,11H2,1-3H3,(H2,23,25,26). The zero-order valence-electron chi connectivity index (χ0n) is 16.1. The molecule has 1 aromatic heterocycles. The fourth-order valence-corrected chi connectivity index (χ4v) is 3.82. The molecule has 0 amide bonds. The molecule has 0 aliphatic heterocycles. The Morgan fingerprint density at radius 1 is 1.11 bits per heavy atom. The van der Waals surface area contributed by atoms with Crippen LogP contribution < -0.4 is 16.0 Å². The fourth-order valence-electron chi connectivity index (χ4n) is 3.82. The highest BCUT2D eigenvalue weighted by Crippen LogP contribution is 2.39. The van der Waals surface area contributed by atoms with Gasteiger partial charge in [0.05, 0.1) is 0 Å². The Hall–Kier alpha value is -2.28. The van der Waals surface area contributed by atoms with Gasteiger partial charge in [-0.15, -0.1) is 0 Å². The van der Waals surface area contributed by atoms with Gasteiger partial charge >= 0.3 is 0 Å². The molecule has 1 aliphatic carbocycles. The third kappa shape index (κ3) is 4.53. The lowest BCUT2D eigenvalue weighted by molar-refractivity contribution is 0.341. The number of aromatic nitrogens is 2. The van der Waals surface area contributed by atoms with Crippen molar-refractivity contribution in [3.63, 3.8) is 0 Å². The van der Waals surface area contributed by atoms with E-state index in [9.17, 15) is 8.78 Å². The SMILES string of the molecule is Cc1nc(N)c(C2CCC(NCc3ccc(F)c(F)c3)CC2)c(N(C)C)n1. The summed E-state index contributed by atoms with van der Waals surface area (Å²) in [6.45, 7) is 2.39. The molecule has 1 aromatic carbocycles. The average Bonchev–Trinajstić information content (AvgIpc) is 2.62. The lowest BCUT2D eigenvalue weighted by Gasteiger charge is -2.31. The van der Waals surface area contributed by atoms with E-state index in [1.165, 1.54) is 12.1 Å². The monoisotopic (exact) mass is 375 g/mol. The first-order valence-electron chi connectivity index (χ1n) is 9.33. The molecule has 1 fully saturated rings. The minimum absolute atomic E-state index is 0.337. The Morgan fingerprint density at radius 2 is 1.81 bits per heavy atom. The lowest BCUT2D eigenvalue weighted by atomic mass is 9.81. The summed E-state index contributed by atoms with van der Waals surface area (Å²) >= 11 is 0. The molecule has 0 spiro atoms. The molecule has 0 atom stereocenters. The second-order valence-electron chi connectivity index (χ2n) is 7.47. The van der Waals surface area contributed by atoms with Gasteiger partial charge in [-0.3, -0.25) is 0 Å². The van der Waals surface area contributed by atoms with Crippen molar-refractivity contribution < 1.29 is 8.78 Å². The van der Waals surface area contributed by atoms with Gasteiger partial charge in [-0.2, -0.15) is 0 Å². The molecule has 0 radical (unpaired) electrons. The van der Waals surface area contributed by atoms with E-state index in [4.69, 9.17) is 5.73 Å². The van der Waals surface area contributed by atoms with Gasteiger partial charge in [-0.1, -0.05) is 6.07 Å². The number of rotatable bonds is 5. The third-order valence-electron chi connectivity index (χ3n) is 5.20. The van der Waals surface area contributed by atoms with Crippen LogP contribution >= 0.6 is 0 Å². The largest absolute Gasteiger partial charge is 0.383 e. The Bertz CT molecular complexity index is 801. The van der Waals surface area contributed by atoms with Gasteiger partial charge in [0.2, 0.25) is 0 Å². The summed E-state index contributed by atoms with van der Waals surface area (Å²) < 4.78 is 26.3. The molecule has 1 aliphatic rings. The average molecular weight is 375 g/mol. The number of nitrogen functional groups attached to an aromatic ring is 1. The number of hydrogen-bond acceptors (Lipinski definition) is 5. The van der Waals surface area contributed by atoms with Crippen LogP contribution in [0.25, 0.3) is 0 Å². The van der Waals surface area contributed by atoms with E-state index in [2.05, 4.69) is 15.3 Å². The fraction of sp³-hybridized carbons (Fsp3) is 0.500. The normalized spacial score (nSPS) is 19.9. The first-order valence-corrected chi connectivity index (χ1v) is 9.33. The number of nitrogens with zero attached hydrogens (tertiary/aromatic N) is 3. The lowest BCUT2D eigenvalue weighted by Crippen LogP contribution is -2.33. The van der Waals surface area contributed by atoms with E-state index in [0.717, 1.165) is 42.6 Å². The predicted octanol–water partition coefficient (Wildman–Crippen LogP) is 3.53. The quantitative estimate of drug-likeness (QED) is 0.837. The molecule has 7 heteroatoms. The van der Waals surface area contributed by atoms with Crippen LogP contribution in [0.4, 0.5) is 20.4 Å². The van der Waals surface area contributed by atoms with Gasteiger partial charge in [0.25, 0.3) is 0 Å². The number of hydrogen-bond donors (Lipinski definition) is 2. The molecule has 3 rings (SSSR count). The first-order chi connectivity index (χ1) is 12.8. The van der Waals surface area contributed by atoms with Crippen molar-refractivity contribution in [1.29, 1.82) is 0 Å². The van der Waals surface area contributed by atoms with Gasteiger partial charge in [-0.25, -0.2) is 18.7 Å². The molecule has 1 heterocycles. The van der Waals surface area contributed by atoms with Crippen LogP contribution in [0, 0.1) is 18.6 Å². The van der Waals surface area contributed by atoms with Crippen molar-refractivity contribution in [2.45, 2.75) is 51.1 Å². The number of nitrogens with one attached hydrogen (secondary N) is 1. The Labute approximate surface area is 159 Å². The van der Waals surface area contributed by atoms with Crippen LogP contribution in [0.1, 0.15) is 48.6 Å². The van der Waals surface area contributed by atoms with Gasteiger partial charge in [0.1, 0.15) is 17.5 Å². The van der Waals surface area contributed by atoms with E-state index in [1.807, 2.05) is 25.9 Å². The van der Waals surface area contributed by atoms with Crippen molar-refractivity contribution >= 4 is 11.6 Å². The van der Waals surface area contributed by atoms with E-state index in [-0.39, 0.29) is 0 Å². The molecule has 146 valence electrons. The molecule has 27 heavy (non-hydrogen) atoms. The molecular formula is C20H27F2N5. The second-order valence-corrected chi connectivity index (χ2v) is 7.47. The number of anilines is 2. The highest BCUT2D eigenvalue weighted by Gasteiger charge is 2.27. The predicted molar refractivity (Wildman–Crippen MR) is 104 cm³/mol. The maximum atomic E-state index is 13.3. The zero-order chi connectivity index (χ0) is 19.6. The number of aryl methyl sites for hydroxylation is 1. The maximum Gasteiger partial charge on any atom is 0.159 e. The summed E-state index contributed by atoms with van der Waals surface area (Å²) in [6.07, 6.45) is 3.98. The number of nitrogens with two attached hydrogens (primary N) is 1. The Balaban J connectivity index is 1.61. The minimum atomic E-state index is -0.811. The van der Waals surface area contributed by atoms with Crippen LogP contribution in [-0.4, -0.2) is 30.1 Å². The van der Waals surface area contributed by atoms with Crippen LogP contribution in [0.2, 0.25) is 0 Å². The minimum Gasteiger partial charge on any atom is -0.383 e. The molecule has 1 saturated carbocycles. The summed E-state index contributed by atoms with van der Waals surface area (Å²) in [5.41, 5.74) is 8.02. The summed E-state index contributed by atoms with van der Waals surface area (Å²) in [6, 6.07) is 4.39. The van der Waals surface area contributed by atoms with Gasteiger partial charge in [0.15, 0.2) is 11.6 Å². The molecule has 0 unspecified atom stereocenters. The molecule has 0 saturated heterocycles. The topological polar surface area (TPSA) is 67.1 Å². The van der Waals surface area contributed by atoms with Crippen LogP contribution in [0.3, 0.4) is 0 Å². The molecule has 5 nitrogen and oxygen atoms in total. The first kappa shape index (κ1) is 19.5. The van der Waals surface area contributed by atoms with E-state index >= 15 is 0 Å². The van der Waals surface area contributed by atoms with Crippen LogP contribution in [-0.2, 0) is 6.54 Å². The maximum absolute atomic E-state index is 13.3. The smallest absolute Gasteiger partial charge is 0.159 e. The molecule has 2 aromatic rings. The number of benzene rings is 1. The van der Waals surface area contributed by atoms with E-state index < -0.39 is 11.6 Å². The van der Waals surface area contributed by atoms with Crippen molar-refractivity contribution in [2.24, 2.45) is 0 Å². The Morgan fingerprint density at radius 3 is 2.44 bits per heavy atom. The highest BCUT2D eigenvalue weighted by atomic mass is 19.2. The van der Waals surface area contributed by atoms with Gasteiger partial charge < -0.3 is 16.0 Å². The van der Waals surface area contributed by atoms with Crippen molar-refractivity contribution in [1.82, 2.24) is 15.3 Å². The zero-order valence-corrected chi connectivity index (χ0v) is 16.1. The van der Waals surface area contributed by atoms with E-state index in [0.29, 0.717) is 30.1 Å². The molecular weight excluding hydrogens is 348 g/mol. The van der Waals surface area contributed by atoms with Crippen molar-refractivity contribution in [2.75, 3.05) is 24.7 Å². The third-order valence-corrected chi connectivity index (χ3v) is 5.20. The van der Waals surface area contributed by atoms with Crippen molar-refractivity contribution in [3.8, 4) is 0 Å². The molecule has 3 N–H and O–H groups in total. The molecule has 0 bridgehead atoms. The van der Waals surface area contributed by atoms with E-state index in [1.54, 1.807) is 6.07 Å². The summed E-state index contributed by atoms with van der Waals surface area (Å²) in [7, 11) is 3.94. The van der Waals surface area contributed by atoms with Crippen LogP contribution in [0.5, 0.6) is 0 Å². The summed E-state index contributed by atoms with van der Waals surface area (Å²) in [5, 5.41) is 3.46.